The quantitative estimate of drug-likeness (QED) is 0.255. The van der Waals surface area contributed by atoms with Crippen LogP contribution in [0, 0.1) is 35.4 Å². The van der Waals surface area contributed by atoms with Gasteiger partial charge in [0.25, 0.3) is 0 Å². The smallest absolute Gasteiger partial charge is 0.229 e. The van der Waals surface area contributed by atoms with E-state index in [1.54, 1.807) is 24.5 Å². The van der Waals surface area contributed by atoms with Crippen LogP contribution in [-0.2, 0) is 11.3 Å². The predicted octanol–water partition coefficient (Wildman–Crippen LogP) is 3.56. The number of hydrogen-bond acceptors (Lipinski definition) is 9. The van der Waals surface area contributed by atoms with Gasteiger partial charge in [-0.2, -0.15) is 9.97 Å². The Balaban J connectivity index is 1.05. The number of nitrogens with zero attached hydrogens (tertiary/aromatic N) is 6. The minimum Gasteiger partial charge on any atom is -0.508 e. The van der Waals surface area contributed by atoms with Crippen LogP contribution < -0.4 is 15.5 Å². The monoisotopic (exact) mass is 622 g/mol. The van der Waals surface area contributed by atoms with Gasteiger partial charge >= 0.3 is 0 Å². The normalized spacial score (nSPS) is 26.6. The second kappa shape index (κ2) is 10.8. The van der Waals surface area contributed by atoms with Crippen molar-refractivity contribution in [3.8, 4) is 18.1 Å². The number of imidazole rings is 1. The molecule has 46 heavy (non-hydrogen) atoms. The van der Waals surface area contributed by atoms with Gasteiger partial charge in [-0.1, -0.05) is 12.0 Å². The van der Waals surface area contributed by atoms with Crippen LogP contribution in [0.4, 0.5) is 16.2 Å². The van der Waals surface area contributed by atoms with Crippen molar-refractivity contribution in [3.05, 3.63) is 47.5 Å². The third-order valence-electron chi connectivity index (χ3n) is 11.0. The SMILES string of the molecule is C#Cc1c(F)ccc2cc(O)cc(Cn3cnc4c(NCC5(CN6CC7COCC7C6)CC5)nc(N5CC6CCC(C5)N6)nc43)c12. The van der Waals surface area contributed by atoms with Crippen molar-refractivity contribution in [2.75, 3.05) is 62.7 Å². The van der Waals surface area contributed by atoms with Crippen LogP contribution in [0.25, 0.3) is 21.9 Å². The van der Waals surface area contributed by atoms with Gasteiger partial charge in [-0.05, 0) is 54.8 Å². The van der Waals surface area contributed by atoms with E-state index in [1.165, 1.54) is 18.9 Å². The largest absolute Gasteiger partial charge is 0.508 e. The van der Waals surface area contributed by atoms with Crippen molar-refractivity contribution in [1.82, 2.24) is 29.7 Å². The van der Waals surface area contributed by atoms with Crippen molar-refractivity contribution < 1.29 is 14.2 Å². The average Bonchev–Trinajstić information content (AvgIpc) is 3.36. The first-order chi connectivity index (χ1) is 22.4. The minimum atomic E-state index is -0.457. The molecule has 238 valence electrons. The number of aromatic hydroxyl groups is 1. The fraction of sp³-hybridized carbons (Fsp3) is 0.514. The van der Waals surface area contributed by atoms with Gasteiger partial charge in [0.2, 0.25) is 5.95 Å². The number of nitrogens with one attached hydrogen (secondary N) is 2. The third-order valence-corrected chi connectivity index (χ3v) is 11.0. The number of benzene rings is 2. The number of phenols is 1. The number of ether oxygens (including phenoxy) is 1. The Morgan fingerprint density at radius 2 is 1.87 bits per heavy atom. The highest BCUT2D eigenvalue weighted by Gasteiger charge is 2.47. The number of hydrogen-bond donors (Lipinski definition) is 3. The maximum Gasteiger partial charge on any atom is 0.229 e. The van der Waals surface area contributed by atoms with E-state index in [9.17, 15) is 9.50 Å². The lowest BCUT2D eigenvalue weighted by Crippen LogP contribution is -2.51. The Hall–Kier alpha value is -3.98. The van der Waals surface area contributed by atoms with E-state index >= 15 is 0 Å². The molecule has 9 rings (SSSR count). The Morgan fingerprint density at radius 3 is 2.61 bits per heavy atom. The van der Waals surface area contributed by atoms with Gasteiger partial charge in [-0.25, -0.2) is 9.37 Å². The lowest BCUT2D eigenvalue weighted by molar-refractivity contribution is 0.147. The van der Waals surface area contributed by atoms with E-state index in [0.29, 0.717) is 63.9 Å². The molecule has 10 nitrogen and oxygen atoms in total. The summed E-state index contributed by atoms with van der Waals surface area (Å²) in [5.74, 6) is 4.98. The molecule has 2 bridgehead atoms. The molecule has 6 heterocycles. The molecule has 4 unspecified atom stereocenters. The maximum atomic E-state index is 14.8. The van der Waals surface area contributed by atoms with E-state index in [2.05, 4.69) is 26.4 Å². The van der Waals surface area contributed by atoms with Crippen LogP contribution in [0.3, 0.4) is 0 Å². The highest BCUT2D eigenvalue weighted by Crippen LogP contribution is 2.48. The molecule has 11 heteroatoms. The molecule has 3 N–H and O–H groups in total. The van der Waals surface area contributed by atoms with Gasteiger partial charge < -0.3 is 34.8 Å². The van der Waals surface area contributed by atoms with E-state index in [4.69, 9.17) is 26.1 Å². The van der Waals surface area contributed by atoms with Gasteiger partial charge in [-0.3, -0.25) is 0 Å². The molecule has 1 saturated carbocycles. The highest BCUT2D eigenvalue weighted by molar-refractivity contribution is 5.93. The summed E-state index contributed by atoms with van der Waals surface area (Å²) in [7, 11) is 0. The summed E-state index contributed by atoms with van der Waals surface area (Å²) in [6.07, 6.45) is 12.3. The van der Waals surface area contributed by atoms with E-state index in [1.807, 2.05) is 4.57 Å². The molecular weight excluding hydrogens is 583 g/mol. The zero-order chi connectivity index (χ0) is 31.0. The van der Waals surface area contributed by atoms with Crippen LogP contribution in [-0.4, -0.2) is 94.1 Å². The molecule has 0 amide bonds. The fourth-order valence-corrected chi connectivity index (χ4v) is 8.46. The zero-order valence-electron chi connectivity index (χ0n) is 25.9. The fourth-order valence-electron chi connectivity index (χ4n) is 8.46. The molecule has 0 radical (unpaired) electrons. The molecule has 4 aliphatic heterocycles. The first-order valence-corrected chi connectivity index (χ1v) is 16.6. The van der Waals surface area contributed by atoms with Gasteiger partial charge in [0.15, 0.2) is 17.0 Å². The topological polar surface area (TPSA) is 104 Å². The van der Waals surface area contributed by atoms with E-state index < -0.39 is 5.82 Å². The number of terminal acetylenes is 1. The van der Waals surface area contributed by atoms with E-state index in [0.717, 1.165) is 71.1 Å². The van der Waals surface area contributed by atoms with Crippen molar-refractivity contribution >= 4 is 33.7 Å². The Morgan fingerprint density at radius 1 is 1.09 bits per heavy atom. The second-order valence-corrected chi connectivity index (χ2v) is 14.3. The Bertz CT molecular complexity index is 1860. The predicted molar refractivity (Wildman–Crippen MR) is 174 cm³/mol. The number of rotatable bonds is 8. The van der Waals surface area contributed by atoms with Crippen molar-refractivity contribution in [2.45, 2.75) is 44.3 Å². The van der Waals surface area contributed by atoms with E-state index in [-0.39, 0.29) is 16.7 Å². The molecule has 0 spiro atoms. The average molecular weight is 623 g/mol. The standard InChI is InChI=1S/C35H39FN8O2/c1-2-28-29(36)6-3-21-9-27(45)10-22(30(21)28)13-44-20-38-31-32(40-34(41-33(31)44)43-14-25-4-5-26(15-43)39-25)37-18-35(7-8-35)19-42-11-23-16-46-17-24(23)12-42/h1,3,6,9-10,20,23-26,39,45H,4-5,7-8,11-19H2,(H,37,40,41). The van der Waals surface area contributed by atoms with Crippen LogP contribution in [0.15, 0.2) is 30.6 Å². The van der Waals surface area contributed by atoms with Gasteiger partial charge in [0.1, 0.15) is 11.6 Å². The molecule has 2 aromatic carbocycles. The van der Waals surface area contributed by atoms with Gasteiger partial charge in [-0.15, -0.1) is 6.42 Å². The van der Waals surface area contributed by atoms with Crippen molar-refractivity contribution in [2.24, 2.45) is 17.3 Å². The molecule has 5 fully saturated rings. The zero-order valence-corrected chi connectivity index (χ0v) is 25.9. The van der Waals surface area contributed by atoms with Crippen LogP contribution in [0.2, 0.25) is 0 Å². The summed E-state index contributed by atoms with van der Waals surface area (Å²) < 4.78 is 22.5. The number of anilines is 2. The minimum absolute atomic E-state index is 0.0966. The summed E-state index contributed by atoms with van der Waals surface area (Å²) in [5.41, 5.74) is 2.54. The number of phenolic OH excluding ortho intramolecular Hbond substituents is 1. The summed E-state index contributed by atoms with van der Waals surface area (Å²) >= 11 is 0. The first kappa shape index (κ1) is 28.3. The number of halogens is 1. The summed E-state index contributed by atoms with van der Waals surface area (Å²) in [5, 5.41) is 19.3. The Kier molecular flexibility index (Phi) is 6.63. The van der Waals surface area contributed by atoms with Crippen LogP contribution >= 0.6 is 0 Å². The number of fused-ring (bicyclic) bond motifs is 5. The maximum absolute atomic E-state index is 14.8. The van der Waals surface area contributed by atoms with Gasteiger partial charge in [0, 0.05) is 74.0 Å². The number of aromatic nitrogens is 4. The molecular formula is C35H39FN8O2. The number of likely N-dealkylation sites (tertiary alicyclic amines) is 1. The number of piperazine rings is 1. The highest BCUT2D eigenvalue weighted by atomic mass is 19.1. The van der Waals surface area contributed by atoms with Crippen molar-refractivity contribution in [1.29, 1.82) is 0 Å². The molecule has 5 aliphatic rings. The lowest BCUT2D eigenvalue weighted by atomic mass is 9.98. The summed E-state index contributed by atoms with van der Waals surface area (Å²) in [6.45, 7) is 8.06. The third kappa shape index (κ3) is 4.94. The molecule has 4 atom stereocenters. The molecule has 2 aromatic heterocycles. The second-order valence-electron chi connectivity index (χ2n) is 14.3. The first-order valence-electron chi connectivity index (χ1n) is 16.6. The molecule has 4 saturated heterocycles. The van der Waals surface area contributed by atoms with Gasteiger partial charge in [0.05, 0.1) is 31.6 Å². The molecule has 4 aromatic rings. The summed E-state index contributed by atoms with van der Waals surface area (Å²) in [4.78, 5) is 20.0. The van der Waals surface area contributed by atoms with Crippen molar-refractivity contribution in [3.63, 3.8) is 0 Å². The Labute approximate surface area is 267 Å². The van der Waals surface area contributed by atoms with Crippen LogP contribution in [0.5, 0.6) is 5.75 Å². The van der Waals surface area contributed by atoms with Crippen LogP contribution in [0.1, 0.15) is 36.8 Å². The summed E-state index contributed by atoms with van der Waals surface area (Å²) in [6, 6.07) is 7.14. The molecule has 1 aliphatic carbocycles. The lowest BCUT2D eigenvalue weighted by Gasteiger charge is -2.33.